The Labute approximate surface area is 95.0 Å². The van der Waals surface area contributed by atoms with Crippen LogP contribution in [0.5, 0.6) is 0 Å². The smallest absolute Gasteiger partial charge is 0.0599 e. The second-order valence-electron chi connectivity index (χ2n) is 5.31. The lowest BCUT2D eigenvalue weighted by molar-refractivity contribution is -0.000705. The van der Waals surface area contributed by atoms with Crippen LogP contribution in [-0.2, 0) is 4.74 Å². The summed E-state index contributed by atoms with van der Waals surface area (Å²) in [4.78, 5) is 0. The fraction of sp³-hybridized carbons (Fsp3) is 1.00. The fourth-order valence-electron chi connectivity index (χ4n) is 1.12. The van der Waals surface area contributed by atoms with Crippen LogP contribution in [-0.4, -0.2) is 38.4 Å². The Hall–Kier alpha value is -0.120. The molecule has 0 spiro atoms. The Morgan fingerprint density at radius 3 is 2.13 bits per heavy atom. The van der Waals surface area contributed by atoms with Crippen molar-refractivity contribution in [2.24, 2.45) is 5.92 Å². The van der Waals surface area contributed by atoms with Gasteiger partial charge in [-0.1, -0.05) is 13.8 Å². The SMILES string of the molecule is CC(C)CNCCNCCOC(C)(C)C. The molecule has 0 aliphatic heterocycles. The summed E-state index contributed by atoms with van der Waals surface area (Å²) in [5, 5.41) is 6.73. The molecular weight excluding hydrogens is 188 g/mol. The highest BCUT2D eigenvalue weighted by atomic mass is 16.5. The lowest BCUT2D eigenvalue weighted by Gasteiger charge is -2.19. The molecule has 0 fully saturated rings. The number of rotatable bonds is 8. The molecule has 0 atom stereocenters. The molecule has 3 heteroatoms. The van der Waals surface area contributed by atoms with Gasteiger partial charge in [0, 0.05) is 19.6 Å². The molecule has 0 rings (SSSR count). The summed E-state index contributed by atoms with van der Waals surface area (Å²) in [5.41, 5.74) is -0.0163. The van der Waals surface area contributed by atoms with Crippen molar-refractivity contribution in [1.29, 1.82) is 0 Å². The number of hydrogen-bond acceptors (Lipinski definition) is 3. The number of hydrogen-bond donors (Lipinski definition) is 2. The predicted molar refractivity (Wildman–Crippen MR) is 66.3 cm³/mol. The monoisotopic (exact) mass is 216 g/mol. The molecule has 0 aromatic rings. The van der Waals surface area contributed by atoms with Gasteiger partial charge in [0.2, 0.25) is 0 Å². The number of ether oxygens (including phenoxy) is 1. The van der Waals surface area contributed by atoms with Gasteiger partial charge >= 0.3 is 0 Å². The van der Waals surface area contributed by atoms with E-state index in [4.69, 9.17) is 4.74 Å². The Kier molecular flexibility index (Phi) is 8.02. The van der Waals surface area contributed by atoms with E-state index >= 15 is 0 Å². The lowest BCUT2D eigenvalue weighted by Crippen LogP contribution is -2.32. The Morgan fingerprint density at radius 2 is 1.60 bits per heavy atom. The van der Waals surface area contributed by atoms with E-state index < -0.39 is 0 Å². The van der Waals surface area contributed by atoms with E-state index in [9.17, 15) is 0 Å². The van der Waals surface area contributed by atoms with Crippen molar-refractivity contribution in [3.63, 3.8) is 0 Å². The van der Waals surface area contributed by atoms with Gasteiger partial charge in [-0.3, -0.25) is 0 Å². The zero-order valence-electron chi connectivity index (χ0n) is 11.0. The highest BCUT2D eigenvalue weighted by Crippen LogP contribution is 2.04. The van der Waals surface area contributed by atoms with Gasteiger partial charge < -0.3 is 15.4 Å². The minimum absolute atomic E-state index is 0.0163. The summed E-state index contributed by atoms with van der Waals surface area (Å²) < 4.78 is 5.59. The largest absolute Gasteiger partial charge is 0.375 e. The minimum atomic E-state index is -0.0163. The average Bonchev–Trinajstić information content (AvgIpc) is 2.07. The standard InChI is InChI=1S/C12H28N2O/c1-11(2)10-14-7-6-13-8-9-15-12(3,4)5/h11,13-14H,6-10H2,1-5H3. The van der Waals surface area contributed by atoms with E-state index in [0.717, 1.165) is 38.7 Å². The molecule has 0 radical (unpaired) electrons. The van der Waals surface area contributed by atoms with Gasteiger partial charge in [0.05, 0.1) is 12.2 Å². The zero-order chi connectivity index (χ0) is 11.7. The van der Waals surface area contributed by atoms with Gasteiger partial charge in [-0.15, -0.1) is 0 Å². The molecular formula is C12H28N2O. The van der Waals surface area contributed by atoms with Gasteiger partial charge in [-0.25, -0.2) is 0 Å². The van der Waals surface area contributed by atoms with Crippen LogP contribution in [0.1, 0.15) is 34.6 Å². The molecule has 2 N–H and O–H groups in total. The maximum atomic E-state index is 5.59. The normalized spacial score (nSPS) is 12.4. The molecule has 0 amide bonds. The molecule has 0 aliphatic rings. The second kappa shape index (κ2) is 8.08. The van der Waals surface area contributed by atoms with Crippen molar-refractivity contribution in [3.8, 4) is 0 Å². The van der Waals surface area contributed by atoms with Crippen LogP contribution in [0.25, 0.3) is 0 Å². The molecule has 0 aromatic carbocycles. The highest BCUT2D eigenvalue weighted by molar-refractivity contribution is 4.59. The molecule has 0 aliphatic carbocycles. The molecule has 0 saturated carbocycles. The quantitative estimate of drug-likeness (QED) is 0.605. The number of nitrogens with one attached hydrogen (secondary N) is 2. The lowest BCUT2D eigenvalue weighted by atomic mass is 10.2. The van der Waals surface area contributed by atoms with E-state index in [0.29, 0.717) is 0 Å². The van der Waals surface area contributed by atoms with Gasteiger partial charge in [-0.05, 0) is 33.2 Å². The van der Waals surface area contributed by atoms with E-state index in [-0.39, 0.29) is 5.60 Å². The second-order valence-corrected chi connectivity index (χ2v) is 5.31. The first kappa shape index (κ1) is 14.9. The summed E-state index contributed by atoms with van der Waals surface area (Å²) in [5.74, 6) is 0.731. The van der Waals surface area contributed by atoms with Crippen LogP contribution in [0.4, 0.5) is 0 Å². The molecule has 15 heavy (non-hydrogen) atoms. The Morgan fingerprint density at radius 1 is 1.00 bits per heavy atom. The third-order valence-corrected chi connectivity index (χ3v) is 1.85. The van der Waals surface area contributed by atoms with Crippen molar-refractivity contribution in [2.45, 2.75) is 40.2 Å². The molecule has 0 unspecified atom stereocenters. The maximum Gasteiger partial charge on any atom is 0.0599 e. The van der Waals surface area contributed by atoms with Crippen LogP contribution in [0.15, 0.2) is 0 Å². The van der Waals surface area contributed by atoms with E-state index in [1.54, 1.807) is 0 Å². The fourth-order valence-corrected chi connectivity index (χ4v) is 1.12. The van der Waals surface area contributed by atoms with Crippen molar-refractivity contribution < 1.29 is 4.74 Å². The molecule has 0 aromatic heterocycles. The van der Waals surface area contributed by atoms with Crippen LogP contribution in [0.2, 0.25) is 0 Å². The summed E-state index contributed by atoms with van der Waals surface area (Å²) >= 11 is 0. The molecule has 3 nitrogen and oxygen atoms in total. The summed E-state index contributed by atoms with van der Waals surface area (Å²) in [6.07, 6.45) is 0. The van der Waals surface area contributed by atoms with Crippen molar-refractivity contribution in [2.75, 3.05) is 32.8 Å². The molecule has 92 valence electrons. The molecule has 0 bridgehead atoms. The summed E-state index contributed by atoms with van der Waals surface area (Å²) in [6, 6.07) is 0. The molecule has 0 heterocycles. The van der Waals surface area contributed by atoms with Crippen LogP contribution in [0.3, 0.4) is 0 Å². The van der Waals surface area contributed by atoms with Crippen LogP contribution < -0.4 is 10.6 Å². The topological polar surface area (TPSA) is 33.3 Å². The maximum absolute atomic E-state index is 5.59. The van der Waals surface area contributed by atoms with E-state index in [1.165, 1.54) is 0 Å². The Bertz CT molecular complexity index is 141. The van der Waals surface area contributed by atoms with Gasteiger partial charge in [-0.2, -0.15) is 0 Å². The first-order chi connectivity index (χ1) is 6.92. The third-order valence-electron chi connectivity index (χ3n) is 1.85. The summed E-state index contributed by atoms with van der Waals surface area (Å²) in [7, 11) is 0. The minimum Gasteiger partial charge on any atom is -0.375 e. The van der Waals surface area contributed by atoms with Crippen molar-refractivity contribution >= 4 is 0 Å². The van der Waals surface area contributed by atoms with Gasteiger partial charge in [0.1, 0.15) is 0 Å². The zero-order valence-corrected chi connectivity index (χ0v) is 11.0. The first-order valence-electron chi connectivity index (χ1n) is 5.97. The highest BCUT2D eigenvalue weighted by Gasteiger charge is 2.08. The van der Waals surface area contributed by atoms with E-state index in [1.807, 2.05) is 0 Å². The third kappa shape index (κ3) is 13.9. The van der Waals surface area contributed by atoms with Gasteiger partial charge in [0.15, 0.2) is 0 Å². The Balaban J connectivity index is 3.06. The van der Waals surface area contributed by atoms with Crippen LogP contribution in [0, 0.1) is 5.92 Å². The predicted octanol–water partition coefficient (Wildman–Crippen LogP) is 1.64. The molecule has 0 saturated heterocycles. The van der Waals surface area contributed by atoms with Gasteiger partial charge in [0.25, 0.3) is 0 Å². The first-order valence-corrected chi connectivity index (χ1v) is 5.97. The van der Waals surface area contributed by atoms with Crippen molar-refractivity contribution in [3.05, 3.63) is 0 Å². The van der Waals surface area contributed by atoms with Crippen molar-refractivity contribution in [1.82, 2.24) is 10.6 Å². The average molecular weight is 216 g/mol. The summed E-state index contributed by atoms with van der Waals surface area (Å²) in [6.45, 7) is 15.5. The van der Waals surface area contributed by atoms with E-state index in [2.05, 4.69) is 45.3 Å². The van der Waals surface area contributed by atoms with Crippen LogP contribution >= 0.6 is 0 Å².